The number of fused-ring (bicyclic) bond motifs is 1. The molecule has 3 heteroatoms. The van der Waals surface area contributed by atoms with Crippen molar-refractivity contribution in [3.8, 4) is 5.75 Å². The monoisotopic (exact) mass is 379 g/mol. The van der Waals surface area contributed by atoms with E-state index in [4.69, 9.17) is 4.74 Å². The minimum absolute atomic E-state index is 0.0384. The highest BCUT2D eigenvalue weighted by Crippen LogP contribution is 2.30. The summed E-state index contributed by atoms with van der Waals surface area (Å²) in [5.74, 6) is 1.40. The Balaban J connectivity index is 1.43. The number of hydrogen-bond donors (Lipinski definition) is 1. The first-order chi connectivity index (χ1) is 13.5. The van der Waals surface area contributed by atoms with Crippen LogP contribution in [-0.4, -0.2) is 18.6 Å². The Kier molecular flexibility index (Phi) is 7.13. The molecule has 0 spiro atoms. The van der Waals surface area contributed by atoms with Gasteiger partial charge < -0.3 is 10.1 Å². The molecule has 0 radical (unpaired) electrons. The molecule has 0 bridgehead atoms. The van der Waals surface area contributed by atoms with E-state index in [1.54, 1.807) is 0 Å². The van der Waals surface area contributed by atoms with Gasteiger partial charge in [0.2, 0.25) is 0 Å². The molecule has 2 aromatic carbocycles. The van der Waals surface area contributed by atoms with E-state index in [2.05, 4.69) is 49.5 Å². The average molecular weight is 380 g/mol. The third kappa shape index (κ3) is 5.37. The standard InChI is InChI=1S/C25H33NO2/c1-18(2)21-15-13-20(14-16-21)8-7-17-26-25(27)19(3)28-24-12-6-10-22-9-4-5-11-23(22)24/h6,10,12-16,18-19H,4-5,7-9,11,17H2,1-3H3,(H,26,27). The van der Waals surface area contributed by atoms with Crippen LogP contribution in [0.4, 0.5) is 0 Å². The lowest BCUT2D eigenvalue weighted by Crippen LogP contribution is -2.37. The van der Waals surface area contributed by atoms with Crippen molar-refractivity contribution in [2.45, 2.75) is 71.3 Å². The first kappa shape index (κ1) is 20.4. The highest BCUT2D eigenvalue weighted by atomic mass is 16.5. The quantitative estimate of drug-likeness (QED) is 0.640. The fourth-order valence-electron chi connectivity index (χ4n) is 3.82. The Hall–Kier alpha value is -2.29. The van der Waals surface area contributed by atoms with Crippen molar-refractivity contribution in [2.24, 2.45) is 0 Å². The maximum Gasteiger partial charge on any atom is 0.260 e. The smallest absolute Gasteiger partial charge is 0.260 e. The first-order valence-corrected chi connectivity index (χ1v) is 10.7. The number of benzene rings is 2. The molecule has 0 aliphatic heterocycles. The lowest BCUT2D eigenvalue weighted by Gasteiger charge is -2.22. The summed E-state index contributed by atoms with van der Waals surface area (Å²) < 4.78 is 6.01. The minimum atomic E-state index is -0.473. The summed E-state index contributed by atoms with van der Waals surface area (Å²) >= 11 is 0. The lowest BCUT2D eigenvalue weighted by atomic mass is 9.91. The second-order valence-corrected chi connectivity index (χ2v) is 8.15. The van der Waals surface area contributed by atoms with Crippen molar-refractivity contribution in [1.29, 1.82) is 0 Å². The van der Waals surface area contributed by atoms with Gasteiger partial charge in [0.15, 0.2) is 6.10 Å². The van der Waals surface area contributed by atoms with Gasteiger partial charge in [-0.1, -0.05) is 50.2 Å². The lowest BCUT2D eigenvalue weighted by molar-refractivity contribution is -0.127. The van der Waals surface area contributed by atoms with Gasteiger partial charge in [0.05, 0.1) is 0 Å². The largest absolute Gasteiger partial charge is 0.481 e. The van der Waals surface area contributed by atoms with E-state index in [0.717, 1.165) is 31.4 Å². The van der Waals surface area contributed by atoms with Crippen LogP contribution in [0.5, 0.6) is 5.75 Å². The van der Waals surface area contributed by atoms with E-state index in [0.29, 0.717) is 12.5 Å². The number of hydrogen-bond acceptors (Lipinski definition) is 2. The Morgan fingerprint density at radius 2 is 1.79 bits per heavy atom. The molecule has 0 aromatic heterocycles. The summed E-state index contributed by atoms with van der Waals surface area (Å²) in [5, 5.41) is 3.02. The van der Waals surface area contributed by atoms with Gasteiger partial charge in [-0.05, 0) is 79.7 Å². The second-order valence-electron chi connectivity index (χ2n) is 8.15. The molecule has 1 amide bonds. The molecular formula is C25H33NO2. The summed E-state index contributed by atoms with van der Waals surface area (Å²) in [6, 6.07) is 15.0. The van der Waals surface area contributed by atoms with E-state index >= 15 is 0 Å². The third-order valence-corrected chi connectivity index (χ3v) is 5.61. The number of rotatable bonds is 8. The van der Waals surface area contributed by atoms with E-state index in [9.17, 15) is 4.79 Å². The highest BCUT2D eigenvalue weighted by molar-refractivity contribution is 5.80. The third-order valence-electron chi connectivity index (χ3n) is 5.61. The number of aryl methyl sites for hydroxylation is 2. The SMILES string of the molecule is CC(Oc1cccc2c1CCCC2)C(=O)NCCCc1ccc(C(C)C)cc1. The molecule has 0 saturated heterocycles. The fraction of sp³-hybridized carbons (Fsp3) is 0.480. The average Bonchev–Trinajstić information content (AvgIpc) is 2.71. The van der Waals surface area contributed by atoms with Crippen LogP contribution >= 0.6 is 0 Å². The fourth-order valence-corrected chi connectivity index (χ4v) is 3.82. The van der Waals surface area contributed by atoms with Crippen LogP contribution < -0.4 is 10.1 Å². The van der Waals surface area contributed by atoms with Gasteiger partial charge in [0, 0.05) is 6.54 Å². The summed E-state index contributed by atoms with van der Waals surface area (Å²) in [5.41, 5.74) is 5.35. The Labute approximate surface area is 169 Å². The Morgan fingerprint density at radius 1 is 1.04 bits per heavy atom. The molecule has 1 aliphatic carbocycles. The molecule has 0 saturated carbocycles. The molecule has 0 fully saturated rings. The first-order valence-electron chi connectivity index (χ1n) is 10.7. The summed E-state index contributed by atoms with van der Waals surface area (Å²) in [6.45, 7) is 6.92. The van der Waals surface area contributed by atoms with Gasteiger partial charge in [-0.3, -0.25) is 4.79 Å². The molecule has 150 valence electrons. The molecular weight excluding hydrogens is 346 g/mol. The zero-order chi connectivity index (χ0) is 19.9. The van der Waals surface area contributed by atoms with Crippen LogP contribution in [0.2, 0.25) is 0 Å². The van der Waals surface area contributed by atoms with Crippen molar-refractivity contribution in [3.05, 3.63) is 64.7 Å². The van der Waals surface area contributed by atoms with Crippen molar-refractivity contribution < 1.29 is 9.53 Å². The molecule has 1 N–H and O–H groups in total. The van der Waals surface area contributed by atoms with Crippen molar-refractivity contribution in [2.75, 3.05) is 6.54 Å². The van der Waals surface area contributed by atoms with Crippen LogP contribution in [0.15, 0.2) is 42.5 Å². The predicted molar refractivity (Wildman–Crippen MR) is 115 cm³/mol. The number of ether oxygens (including phenoxy) is 1. The number of nitrogens with one attached hydrogen (secondary N) is 1. The maximum atomic E-state index is 12.4. The van der Waals surface area contributed by atoms with Crippen LogP contribution in [0.1, 0.15) is 68.2 Å². The molecule has 2 aromatic rings. The topological polar surface area (TPSA) is 38.3 Å². The maximum absolute atomic E-state index is 12.4. The molecule has 3 nitrogen and oxygen atoms in total. The van der Waals surface area contributed by atoms with Crippen LogP contribution in [-0.2, 0) is 24.1 Å². The number of amides is 1. The summed E-state index contributed by atoms with van der Waals surface area (Å²) in [4.78, 5) is 12.4. The molecule has 28 heavy (non-hydrogen) atoms. The van der Waals surface area contributed by atoms with Gasteiger partial charge in [-0.15, -0.1) is 0 Å². The molecule has 0 heterocycles. The van der Waals surface area contributed by atoms with E-state index in [1.807, 2.05) is 19.1 Å². The van der Waals surface area contributed by atoms with Crippen molar-refractivity contribution >= 4 is 5.91 Å². The second kappa shape index (κ2) is 9.77. The van der Waals surface area contributed by atoms with Gasteiger partial charge in [0.25, 0.3) is 5.91 Å². The predicted octanol–water partition coefficient (Wildman–Crippen LogP) is 5.21. The van der Waals surface area contributed by atoms with Crippen LogP contribution in [0, 0.1) is 0 Å². The number of carbonyl (C=O) groups excluding carboxylic acids is 1. The van der Waals surface area contributed by atoms with E-state index in [-0.39, 0.29) is 5.91 Å². The van der Waals surface area contributed by atoms with Gasteiger partial charge >= 0.3 is 0 Å². The zero-order valence-electron chi connectivity index (χ0n) is 17.5. The minimum Gasteiger partial charge on any atom is -0.481 e. The van der Waals surface area contributed by atoms with Crippen molar-refractivity contribution in [3.63, 3.8) is 0 Å². The summed E-state index contributed by atoms with van der Waals surface area (Å²) in [6.07, 6.45) is 6.04. The molecule has 1 aliphatic rings. The van der Waals surface area contributed by atoms with Crippen molar-refractivity contribution in [1.82, 2.24) is 5.32 Å². The van der Waals surface area contributed by atoms with Gasteiger partial charge in [-0.25, -0.2) is 0 Å². The van der Waals surface area contributed by atoms with Crippen LogP contribution in [0.3, 0.4) is 0 Å². The number of carbonyl (C=O) groups is 1. The highest BCUT2D eigenvalue weighted by Gasteiger charge is 2.19. The molecule has 1 atom stereocenters. The summed E-state index contributed by atoms with van der Waals surface area (Å²) in [7, 11) is 0. The molecule has 3 rings (SSSR count). The normalized spacial score (nSPS) is 14.4. The van der Waals surface area contributed by atoms with Gasteiger partial charge in [-0.2, -0.15) is 0 Å². The zero-order valence-corrected chi connectivity index (χ0v) is 17.5. The van der Waals surface area contributed by atoms with Gasteiger partial charge in [0.1, 0.15) is 5.75 Å². The molecule has 1 unspecified atom stereocenters. The Morgan fingerprint density at radius 3 is 2.54 bits per heavy atom. The Bertz CT molecular complexity index is 780. The van der Waals surface area contributed by atoms with E-state index in [1.165, 1.54) is 35.1 Å². The van der Waals surface area contributed by atoms with Crippen LogP contribution in [0.25, 0.3) is 0 Å². The van der Waals surface area contributed by atoms with E-state index < -0.39 is 6.10 Å².